The molecule has 0 saturated heterocycles. The zero-order chi connectivity index (χ0) is 13.8. The van der Waals surface area contributed by atoms with Gasteiger partial charge < -0.3 is 14.8 Å². The maximum Gasteiger partial charge on any atom is 0.371 e. The van der Waals surface area contributed by atoms with Crippen molar-refractivity contribution in [2.24, 2.45) is 0 Å². The van der Waals surface area contributed by atoms with E-state index < -0.39 is 5.97 Å². The summed E-state index contributed by atoms with van der Waals surface area (Å²) in [6, 6.07) is 7.75. The van der Waals surface area contributed by atoms with Gasteiger partial charge in [-0.1, -0.05) is 6.07 Å². The van der Waals surface area contributed by atoms with Gasteiger partial charge in [-0.15, -0.1) is 0 Å². The Bertz CT molecular complexity index is 579. The number of hydrogen-bond acceptors (Lipinski definition) is 4. The number of furan rings is 1. The van der Waals surface area contributed by atoms with E-state index in [9.17, 15) is 4.79 Å². The molecule has 1 atom stereocenters. The Morgan fingerprint density at radius 1 is 1.47 bits per heavy atom. The van der Waals surface area contributed by atoms with Crippen LogP contribution in [0.2, 0.25) is 0 Å². The quantitative estimate of drug-likeness (QED) is 0.851. The zero-order valence-corrected chi connectivity index (χ0v) is 11.8. The van der Waals surface area contributed by atoms with Gasteiger partial charge in [0.15, 0.2) is 0 Å². The minimum atomic E-state index is -1.04. The van der Waals surface area contributed by atoms with Gasteiger partial charge in [0.1, 0.15) is 5.58 Å². The Labute approximate surface area is 116 Å². The number of fused-ring (bicyclic) bond motifs is 1. The van der Waals surface area contributed by atoms with Crippen molar-refractivity contribution in [2.45, 2.75) is 19.5 Å². The number of hydrogen-bond donors (Lipinski definition) is 2. The lowest BCUT2D eigenvalue weighted by molar-refractivity contribution is 0.0665. The highest BCUT2D eigenvalue weighted by molar-refractivity contribution is 7.98. The van der Waals surface area contributed by atoms with Crippen molar-refractivity contribution < 1.29 is 14.3 Å². The Morgan fingerprint density at radius 2 is 2.26 bits per heavy atom. The van der Waals surface area contributed by atoms with Crippen LogP contribution in [0.25, 0.3) is 11.0 Å². The largest absolute Gasteiger partial charge is 0.475 e. The zero-order valence-electron chi connectivity index (χ0n) is 11.0. The second-order valence-corrected chi connectivity index (χ2v) is 5.44. The minimum absolute atomic E-state index is 0.0177. The fraction of sp³-hybridized carbons (Fsp3) is 0.357. The molecule has 0 amide bonds. The molecule has 0 aliphatic heterocycles. The summed E-state index contributed by atoms with van der Waals surface area (Å²) in [5.41, 5.74) is 1.73. The van der Waals surface area contributed by atoms with E-state index in [1.807, 2.05) is 30.0 Å². The Kier molecular flexibility index (Phi) is 4.50. The van der Waals surface area contributed by atoms with Crippen molar-refractivity contribution in [2.75, 3.05) is 12.0 Å². The van der Waals surface area contributed by atoms with E-state index in [1.54, 1.807) is 6.07 Å². The highest BCUT2D eigenvalue weighted by atomic mass is 32.2. The second kappa shape index (κ2) is 6.12. The van der Waals surface area contributed by atoms with Crippen LogP contribution in [-0.4, -0.2) is 29.1 Å². The van der Waals surface area contributed by atoms with Crippen LogP contribution in [0.5, 0.6) is 0 Å². The molecule has 0 radical (unpaired) electrons. The number of benzene rings is 1. The van der Waals surface area contributed by atoms with Gasteiger partial charge in [0, 0.05) is 23.7 Å². The average Bonchev–Trinajstić information content (AvgIpc) is 2.80. The summed E-state index contributed by atoms with van der Waals surface area (Å²) in [4.78, 5) is 10.8. The lowest BCUT2D eigenvalue weighted by Gasteiger charge is -2.12. The van der Waals surface area contributed by atoms with Gasteiger partial charge in [-0.3, -0.25) is 0 Å². The van der Waals surface area contributed by atoms with Crippen LogP contribution >= 0.6 is 11.8 Å². The summed E-state index contributed by atoms with van der Waals surface area (Å²) in [6.07, 6.45) is 2.09. The first-order valence-electron chi connectivity index (χ1n) is 6.08. The molecular weight excluding hydrogens is 262 g/mol. The summed E-state index contributed by atoms with van der Waals surface area (Å²) in [5.74, 6) is 0.0113. The summed E-state index contributed by atoms with van der Waals surface area (Å²) in [5, 5.41) is 13.1. The van der Waals surface area contributed by atoms with Gasteiger partial charge in [0.05, 0.1) is 0 Å². The predicted molar refractivity (Wildman–Crippen MR) is 77.9 cm³/mol. The monoisotopic (exact) mass is 279 g/mol. The van der Waals surface area contributed by atoms with Crippen LogP contribution in [0.15, 0.2) is 28.7 Å². The predicted octanol–water partition coefficient (Wildman–Crippen LogP) is 2.97. The smallest absolute Gasteiger partial charge is 0.371 e. The maximum absolute atomic E-state index is 10.8. The molecule has 2 N–H and O–H groups in total. The summed E-state index contributed by atoms with van der Waals surface area (Å²) in [6.45, 7) is 2.92. The first-order chi connectivity index (χ1) is 9.10. The van der Waals surface area contributed by atoms with Crippen molar-refractivity contribution >= 4 is 28.7 Å². The average molecular weight is 279 g/mol. The Morgan fingerprint density at radius 3 is 2.95 bits per heavy atom. The van der Waals surface area contributed by atoms with Crippen LogP contribution in [-0.2, 0) is 6.54 Å². The number of aromatic carboxylic acids is 1. The number of nitrogens with one attached hydrogen (secondary N) is 1. The molecule has 0 aliphatic rings. The van der Waals surface area contributed by atoms with Gasteiger partial charge in [0.2, 0.25) is 5.76 Å². The molecule has 0 aliphatic carbocycles. The lowest BCUT2D eigenvalue weighted by atomic mass is 10.1. The van der Waals surface area contributed by atoms with Crippen LogP contribution in [0.1, 0.15) is 23.0 Å². The fourth-order valence-corrected chi connectivity index (χ4v) is 2.53. The molecule has 1 heterocycles. The van der Waals surface area contributed by atoms with Gasteiger partial charge in [-0.2, -0.15) is 11.8 Å². The van der Waals surface area contributed by atoms with Crippen molar-refractivity contribution in [3.05, 3.63) is 35.6 Å². The molecule has 1 aromatic carbocycles. The highest BCUT2D eigenvalue weighted by Gasteiger charge is 2.10. The van der Waals surface area contributed by atoms with Crippen LogP contribution < -0.4 is 5.32 Å². The molecule has 2 aromatic rings. The number of carboxylic acids is 1. The molecule has 2 rings (SSSR count). The molecule has 1 aromatic heterocycles. The molecule has 5 heteroatoms. The first kappa shape index (κ1) is 14.0. The van der Waals surface area contributed by atoms with Crippen LogP contribution in [0, 0.1) is 0 Å². The third-order valence-electron chi connectivity index (χ3n) is 2.86. The molecule has 19 heavy (non-hydrogen) atoms. The second-order valence-electron chi connectivity index (χ2n) is 4.53. The van der Waals surface area contributed by atoms with Crippen molar-refractivity contribution in [3.8, 4) is 0 Å². The van der Waals surface area contributed by atoms with E-state index in [-0.39, 0.29) is 5.76 Å². The Hall–Kier alpha value is -1.46. The SMILES string of the molecule is CSCC(C)NCc1ccc2oc(C(=O)O)cc2c1. The van der Waals surface area contributed by atoms with Gasteiger partial charge in [-0.25, -0.2) is 4.79 Å². The van der Waals surface area contributed by atoms with E-state index in [0.717, 1.165) is 23.2 Å². The molecule has 0 bridgehead atoms. The van der Waals surface area contributed by atoms with E-state index in [2.05, 4.69) is 18.5 Å². The maximum atomic E-state index is 10.8. The molecule has 0 saturated carbocycles. The number of carboxylic acid groups (broad SMARTS) is 1. The highest BCUT2D eigenvalue weighted by Crippen LogP contribution is 2.21. The molecular formula is C14H17NO3S. The standard InChI is InChI=1S/C14H17NO3S/c1-9(8-19-2)15-7-10-3-4-12-11(5-10)6-13(18-12)14(16)17/h3-6,9,15H,7-8H2,1-2H3,(H,16,17). The molecule has 0 fully saturated rings. The van der Waals surface area contributed by atoms with E-state index >= 15 is 0 Å². The topological polar surface area (TPSA) is 62.5 Å². The number of thioether (sulfide) groups is 1. The van der Waals surface area contributed by atoms with Crippen LogP contribution in [0.4, 0.5) is 0 Å². The molecule has 1 unspecified atom stereocenters. The lowest BCUT2D eigenvalue weighted by Crippen LogP contribution is -2.27. The summed E-state index contributed by atoms with van der Waals surface area (Å²) in [7, 11) is 0. The van der Waals surface area contributed by atoms with Gasteiger partial charge in [0.25, 0.3) is 0 Å². The van der Waals surface area contributed by atoms with Crippen molar-refractivity contribution in [3.63, 3.8) is 0 Å². The van der Waals surface area contributed by atoms with E-state index in [4.69, 9.17) is 9.52 Å². The number of rotatable bonds is 6. The minimum Gasteiger partial charge on any atom is -0.475 e. The molecule has 0 spiro atoms. The number of carbonyl (C=O) groups is 1. The third-order valence-corrected chi connectivity index (χ3v) is 3.70. The van der Waals surface area contributed by atoms with Crippen molar-refractivity contribution in [1.82, 2.24) is 5.32 Å². The molecule has 4 nitrogen and oxygen atoms in total. The van der Waals surface area contributed by atoms with Gasteiger partial charge >= 0.3 is 5.97 Å². The Balaban J connectivity index is 2.10. The first-order valence-corrected chi connectivity index (χ1v) is 7.47. The third kappa shape index (κ3) is 3.52. The van der Waals surface area contributed by atoms with E-state index in [0.29, 0.717) is 11.6 Å². The van der Waals surface area contributed by atoms with E-state index in [1.165, 1.54) is 0 Å². The normalized spacial score (nSPS) is 12.7. The summed E-state index contributed by atoms with van der Waals surface area (Å²) < 4.78 is 5.23. The fourth-order valence-electron chi connectivity index (χ4n) is 1.91. The molecule has 102 valence electrons. The van der Waals surface area contributed by atoms with Crippen LogP contribution in [0.3, 0.4) is 0 Å². The summed E-state index contributed by atoms with van der Waals surface area (Å²) >= 11 is 1.81. The van der Waals surface area contributed by atoms with Crippen molar-refractivity contribution in [1.29, 1.82) is 0 Å². The van der Waals surface area contributed by atoms with Gasteiger partial charge in [-0.05, 0) is 36.9 Å².